The second-order valence-electron chi connectivity index (χ2n) is 4.60. The first-order valence-electron chi connectivity index (χ1n) is 6.23. The van der Waals surface area contributed by atoms with Crippen LogP contribution >= 0.6 is 11.6 Å². The minimum atomic E-state index is -0.299. The zero-order chi connectivity index (χ0) is 14.1. The van der Waals surface area contributed by atoms with E-state index in [0.717, 1.165) is 16.6 Å². The molecule has 0 aliphatic carbocycles. The van der Waals surface area contributed by atoms with Crippen LogP contribution in [-0.4, -0.2) is 9.78 Å². The van der Waals surface area contributed by atoms with Crippen LogP contribution in [0.4, 0.5) is 10.1 Å². The predicted octanol–water partition coefficient (Wildman–Crippen LogP) is 3.98. The fourth-order valence-electron chi connectivity index (χ4n) is 2.15. The highest BCUT2D eigenvalue weighted by molar-refractivity contribution is 6.31. The van der Waals surface area contributed by atoms with E-state index < -0.39 is 0 Å². The zero-order valence-electron chi connectivity index (χ0n) is 10.9. The molecule has 1 aromatic heterocycles. The molecule has 0 bridgehead atoms. The maximum Gasteiger partial charge on any atom is 0.129 e. The summed E-state index contributed by atoms with van der Waals surface area (Å²) < 4.78 is 15.5. The summed E-state index contributed by atoms with van der Waals surface area (Å²) in [6, 6.07) is 10.6. The number of nitrogens with one attached hydrogen (secondary N) is 1. The molecule has 0 saturated carbocycles. The van der Waals surface area contributed by atoms with Gasteiger partial charge in [0.15, 0.2) is 0 Å². The Morgan fingerprint density at radius 1 is 1.30 bits per heavy atom. The van der Waals surface area contributed by atoms with Crippen molar-refractivity contribution >= 4 is 28.2 Å². The fraction of sp³-hybridized carbons (Fsp3) is 0.133. The molecule has 0 saturated heterocycles. The predicted molar refractivity (Wildman–Crippen MR) is 79.5 cm³/mol. The Hall–Kier alpha value is -2.07. The van der Waals surface area contributed by atoms with Crippen molar-refractivity contribution in [1.82, 2.24) is 9.78 Å². The topological polar surface area (TPSA) is 29.9 Å². The third kappa shape index (κ3) is 2.34. The lowest BCUT2D eigenvalue weighted by molar-refractivity contribution is 0.613. The second kappa shape index (κ2) is 5.13. The molecule has 0 amide bonds. The summed E-state index contributed by atoms with van der Waals surface area (Å²) in [6.07, 6.45) is 1.81. The van der Waals surface area contributed by atoms with E-state index in [1.54, 1.807) is 16.8 Å². The molecule has 0 aliphatic heterocycles. The Labute approximate surface area is 121 Å². The number of aromatic nitrogens is 2. The highest BCUT2D eigenvalue weighted by Gasteiger charge is 2.07. The van der Waals surface area contributed by atoms with Crippen molar-refractivity contribution < 1.29 is 4.39 Å². The molecular weight excluding hydrogens is 277 g/mol. The van der Waals surface area contributed by atoms with Crippen molar-refractivity contribution in [2.24, 2.45) is 7.05 Å². The van der Waals surface area contributed by atoms with Crippen molar-refractivity contribution in [3.05, 3.63) is 59.0 Å². The number of hydrogen-bond donors (Lipinski definition) is 1. The standard InChI is InChI=1S/C15H13ClFN3/c1-20-15-7-11(6-5-10(15)8-19-20)18-9-12-13(16)3-2-4-14(12)17/h2-8,18H,9H2,1H3. The Bertz CT molecular complexity index is 747. The van der Waals surface area contributed by atoms with E-state index in [0.29, 0.717) is 17.1 Å². The Kier molecular flexibility index (Phi) is 3.32. The van der Waals surface area contributed by atoms with Gasteiger partial charge in [-0.05, 0) is 30.3 Å². The van der Waals surface area contributed by atoms with Crippen LogP contribution in [0.1, 0.15) is 5.56 Å². The third-order valence-corrected chi connectivity index (χ3v) is 3.63. The largest absolute Gasteiger partial charge is 0.381 e. The summed E-state index contributed by atoms with van der Waals surface area (Å²) in [6.45, 7) is 0.342. The van der Waals surface area contributed by atoms with E-state index >= 15 is 0 Å². The average molecular weight is 290 g/mol. The second-order valence-corrected chi connectivity index (χ2v) is 5.00. The normalized spacial score (nSPS) is 10.9. The van der Waals surface area contributed by atoms with Gasteiger partial charge in [-0.15, -0.1) is 0 Å². The minimum absolute atomic E-state index is 0.299. The van der Waals surface area contributed by atoms with Gasteiger partial charge in [0.2, 0.25) is 0 Å². The Morgan fingerprint density at radius 3 is 2.95 bits per heavy atom. The first-order valence-corrected chi connectivity index (χ1v) is 6.61. The van der Waals surface area contributed by atoms with Crippen LogP contribution in [0.25, 0.3) is 10.9 Å². The van der Waals surface area contributed by atoms with Crippen molar-refractivity contribution in [2.45, 2.75) is 6.54 Å². The molecule has 2 aromatic carbocycles. The van der Waals surface area contributed by atoms with E-state index in [-0.39, 0.29) is 5.82 Å². The molecule has 102 valence electrons. The summed E-state index contributed by atoms with van der Waals surface area (Å²) in [4.78, 5) is 0. The van der Waals surface area contributed by atoms with Crippen LogP contribution in [0.5, 0.6) is 0 Å². The monoisotopic (exact) mass is 289 g/mol. The molecule has 0 unspecified atom stereocenters. The quantitative estimate of drug-likeness (QED) is 0.790. The van der Waals surface area contributed by atoms with Crippen LogP contribution < -0.4 is 5.32 Å². The SMILES string of the molecule is Cn1ncc2ccc(NCc3c(F)cccc3Cl)cc21. The highest BCUT2D eigenvalue weighted by Crippen LogP contribution is 2.22. The molecule has 20 heavy (non-hydrogen) atoms. The van der Waals surface area contributed by atoms with Crippen molar-refractivity contribution in [3.8, 4) is 0 Å². The van der Waals surface area contributed by atoms with E-state index in [2.05, 4.69) is 10.4 Å². The molecule has 0 spiro atoms. The molecule has 0 fully saturated rings. The van der Waals surface area contributed by atoms with Crippen LogP contribution in [-0.2, 0) is 13.6 Å². The van der Waals surface area contributed by atoms with E-state index in [1.165, 1.54) is 6.07 Å². The lowest BCUT2D eigenvalue weighted by Crippen LogP contribution is -2.02. The first kappa shape index (κ1) is 12.9. The minimum Gasteiger partial charge on any atom is -0.381 e. The zero-order valence-corrected chi connectivity index (χ0v) is 11.7. The van der Waals surface area contributed by atoms with Gasteiger partial charge >= 0.3 is 0 Å². The Balaban J connectivity index is 1.85. The third-order valence-electron chi connectivity index (χ3n) is 3.28. The van der Waals surface area contributed by atoms with Gasteiger partial charge in [-0.1, -0.05) is 17.7 Å². The molecule has 3 rings (SSSR count). The summed E-state index contributed by atoms with van der Waals surface area (Å²) in [5.74, 6) is -0.299. The number of benzene rings is 2. The molecular formula is C15H13ClFN3. The van der Waals surface area contributed by atoms with Crippen molar-refractivity contribution in [1.29, 1.82) is 0 Å². The van der Waals surface area contributed by atoms with Crippen LogP contribution in [0, 0.1) is 5.82 Å². The molecule has 0 aliphatic rings. The molecule has 1 heterocycles. The highest BCUT2D eigenvalue weighted by atomic mass is 35.5. The number of fused-ring (bicyclic) bond motifs is 1. The van der Waals surface area contributed by atoms with Gasteiger partial charge in [0.1, 0.15) is 5.82 Å². The van der Waals surface area contributed by atoms with Crippen LogP contribution in [0.3, 0.4) is 0 Å². The molecule has 0 radical (unpaired) electrons. The number of aryl methyl sites for hydroxylation is 1. The summed E-state index contributed by atoms with van der Waals surface area (Å²) in [5.41, 5.74) is 2.40. The van der Waals surface area contributed by atoms with Gasteiger partial charge in [-0.3, -0.25) is 4.68 Å². The van der Waals surface area contributed by atoms with E-state index in [4.69, 9.17) is 11.6 Å². The van der Waals surface area contributed by atoms with E-state index in [9.17, 15) is 4.39 Å². The van der Waals surface area contributed by atoms with Gasteiger partial charge < -0.3 is 5.32 Å². The molecule has 0 atom stereocenters. The number of rotatable bonds is 3. The van der Waals surface area contributed by atoms with Gasteiger partial charge in [0, 0.05) is 35.3 Å². The smallest absolute Gasteiger partial charge is 0.129 e. The molecule has 3 aromatic rings. The average Bonchev–Trinajstić information content (AvgIpc) is 2.80. The van der Waals surface area contributed by atoms with Gasteiger partial charge in [0.25, 0.3) is 0 Å². The summed E-state index contributed by atoms with van der Waals surface area (Å²) >= 11 is 6.00. The number of nitrogens with zero attached hydrogens (tertiary/aromatic N) is 2. The van der Waals surface area contributed by atoms with Crippen molar-refractivity contribution in [3.63, 3.8) is 0 Å². The van der Waals surface area contributed by atoms with Crippen molar-refractivity contribution in [2.75, 3.05) is 5.32 Å². The first-order chi connectivity index (χ1) is 9.65. The number of anilines is 1. The maximum absolute atomic E-state index is 13.7. The fourth-order valence-corrected chi connectivity index (χ4v) is 2.38. The number of halogens is 2. The lowest BCUT2D eigenvalue weighted by atomic mass is 10.2. The van der Waals surface area contributed by atoms with Crippen LogP contribution in [0.15, 0.2) is 42.6 Å². The van der Waals surface area contributed by atoms with Gasteiger partial charge in [-0.2, -0.15) is 5.10 Å². The van der Waals surface area contributed by atoms with Crippen LogP contribution in [0.2, 0.25) is 5.02 Å². The van der Waals surface area contributed by atoms with E-state index in [1.807, 2.05) is 31.4 Å². The summed E-state index contributed by atoms with van der Waals surface area (Å²) in [5, 5.41) is 8.88. The van der Waals surface area contributed by atoms with Gasteiger partial charge in [-0.25, -0.2) is 4.39 Å². The lowest BCUT2D eigenvalue weighted by Gasteiger charge is -2.09. The Morgan fingerprint density at radius 2 is 2.15 bits per heavy atom. The summed E-state index contributed by atoms with van der Waals surface area (Å²) in [7, 11) is 1.89. The van der Waals surface area contributed by atoms with Gasteiger partial charge in [0.05, 0.1) is 11.7 Å². The maximum atomic E-state index is 13.7. The molecule has 3 nitrogen and oxygen atoms in total. The number of hydrogen-bond acceptors (Lipinski definition) is 2. The molecule has 5 heteroatoms. The molecule has 1 N–H and O–H groups in total.